The fraction of sp³-hybridized carbons (Fsp3) is 0. The zero-order valence-corrected chi connectivity index (χ0v) is 23.3. The molecule has 0 saturated carbocycles. The van der Waals surface area contributed by atoms with Gasteiger partial charge in [0, 0.05) is 28.1 Å². The topological polar surface area (TPSA) is 26.0 Å². The van der Waals surface area contributed by atoms with Crippen LogP contribution in [0.25, 0.3) is 87.8 Å². The number of aromatic nitrogens is 1. The second-order valence-corrected chi connectivity index (χ2v) is 11.1. The van der Waals surface area contributed by atoms with E-state index in [4.69, 9.17) is 9.40 Å². The van der Waals surface area contributed by atoms with E-state index >= 15 is 0 Å². The van der Waals surface area contributed by atoms with Crippen LogP contribution < -0.4 is 0 Å². The molecule has 0 radical (unpaired) electrons. The van der Waals surface area contributed by atoms with Gasteiger partial charge in [-0.05, 0) is 73.3 Å². The molecule has 0 aliphatic rings. The molecule has 2 heterocycles. The Hall–Kier alpha value is -5.73. The highest BCUT2D eigenvalue weighted by molar-refractivity contribution is 6.21. The zero-order chi connectivity index (χ0) is 28.3. The Bertz CT molecular complexity index is 2430. The molecule has 2 nitrogen and oxygen atoms in total. The van der Waals surface area contributed by atoms with Gasteiger partial charge in [-0.3, -0.25) is 4.98 Å². The van der Waals surface area contributed by atoms with Crippen LogP contribution >= 0.6 is 0 Å². The Labute approximate surface area is 248 Å². The molecule has 0 N–H and O–H groups in total. The highest BCUT2D eigenvalue weighted by atomic mass is 16.3. The maximum Gasteiger partial charge on any atom is 0.136 e. The third kappa shape index (κ3) is 3.70. The van der Waals surface area contributed by atoms with Crippen molar-refractivity contribution in [3.8, 4) is 33.5 Å². The Morgan fingerprint density at radius 2 is 1.00 bits per heavy atom. The van der Waals surface area contributed by atoms with Gasteiger partial charge in [0.25, 0.3) is 0 Å². The normalized spacial score (nSPS) is 11.7. The maximum atomic E-state index is 6.24. The molecule has 0 saturated heterocycles. The fourth-order valence-electron chi connectivity index (χ4n) is 6.76. The molecule has 7 aromatic carbocycles. The molecule has 43 heavy (non-hydrogen) atoms. The standard InChI is InChI=1S/C41H25NO/c1-2-11-27(12-3-1)39-31-14-6-8-16-33(31)40(34-17-9-7-15-32(34)39)36-21-18-29(25-42-36)28-20-22-37-35(24-28)41-30-13-5-4-10-26(30)19-23-38(41)43-37/h1-25H. The highest BCUT2D eigenvalue weighted by Gasteiger charge is 2.17. The van der Waals surface area contributed by atoms with E-state index in [1.165, 1.54) is 49.0 Å². The van der Waals surface area contributed by atoms with Crippen molar-refractivity contribution in [3.63, 3.8) is 0 Å². The van der Waals surface area contributed by atoms with Crippen molar-refractivity contribution in [2.75, 3.05) is 0 Å². The summed E-state index contributed by atoms with van der Waals surface area (Å²) in [5.74, 6) is 0. The van der Waals surface area contributed by atoms with Crippen LogP contribution in [0.2, 0.25) is 0 Å². The van der Waals surface area contributed by atoms with Crippen LogP contribution in [0.15, 0.2) is 156 Å². The zero-order valence-electron chi connectivity index (χ0n) is 23.3. The minimum Gasteiger partial charge on any atom is -0.456 e. The van der Waals surface area contributed by atoms with Crippen molar-refractivity contribution >= 4 is 54.3 Å². The summed E-state index contributed by atoms with van der Waals surface area (Å²) >= 11 is 0. The first-order chi connectivity index (χ1) is 21.3. The lowest BCUT2D eigenvalue weighted by molar-refractivity contribution is 0.669. The van der Waals surface area contributed by atoms with E-state index in [1.54, 1.807) is 0 Å². The van der Waals surface area contributed by atoms with Gasteiger partial charge >= 0.3 is 0 Å². The first kappa shape index (κ1) is 23.9. The lowest BCUT2D eigenvalue weighted by Crippen LogP contribution is -1.92. The van der Waals surface area contributed by atoms with Crippen molar-refractivity contribution in [1.82, 2.24) is 4.98 Å². The number of pyridine rings is 1. The molecular weight excluding hydrogens is 522 g/mol. The molecule has 0 amide bonds. The second-order valence-electron chi connectivity index (χ2n) is 11.1. The van der Waals surface area contributed by atoms with Gasteiger partial charge in [0.2, 0.25) is 0 Å². The van der Waals surface area contributed by atoms with Crippen LogP contribution in [0.3, 0.4) is 0 Å². The molecule has 2 aromatic heterocycles. The summed E-state index contributed by atoms with van der Waals surface area (Å²) in [5, 5.41) is 9.60. The largest absolute Gasteiger partial charge is 0.456 e. The number of furan rings is 1. The Morgan fingerprint density at radius 1 is 0.395 bits per heavy atom. The molecule has 9 rings (SSSR count). The van der Waals surface area contributed by atoms with E-state index in [0.717, 1.165) is 38.8 Å². The lowest BCUT2D eigenvalue weighted by atomic mass is 9.87. The summed E-state index contributed by atoms with van der Waals surface area (Å²) in [4.78, 5) is 5.08. The monoisotopic (exact) mass is 547 g/mol. The first-order valence-corrected chi connectivity index (χ1v) is 14.6. The summed E-state index contributed by atoms with van der Waals surface area (Å²) in [7, 11) is 0. The van der Waals surface area contributed by atoms with Gasteiger partial charge in [0.15, 0.2) is 0 Å². The smallest absolute Gasteiger partial charge is 0.136 e. The van der Waals surface area contributed by atoms with Crippen LogP contribution in [0, 0.1) is 0 Å². The molecule has 0 aliphatic carbocycles. The van der Waals surface area contributed by atoms with E-state index in [1.807, 2.05) is 6.20 Å². The molecular formula is C41H25NO. The number of hydrogen-bond donors (Lipinski definition) is 0. The maximum absolute atomic E-state index is 6.24. The van der Waals surface area contributed by atoms with Gasteiger partial charge < -0.3 is 4.42 Å². The highest BCUT2D eigenvalue weighted by Crippen LogP contribution is 2.43. The fourth-order valence-corrected chi connectivity index (χ4v) is 6.76. The third-order valence-corrected chi connectivity index (χ3v) is 8.71. The van der Waals surface area contributed by atoms with E-state index < -0.39 is 0 Å². The molecule has 0 bridgehead atoms. The van der Waals surface area contributed by atoms with Crippen molar-refractivity contribution < 1.29 is 4.42 Å². The van der Waals surface area contributed by atoms with Crippen LogP contribution in [0.4, 0.5) is 0 Å². The number of fused-ring (bicyclic) bond motifs is 7. The predicted molar refractivity (Wildman–Crippen MR) is 180 cm³/mol. The molecule has 0 spiro atoms. The summed E-state index contributed by atoms with van der Waals surface area (Å²) in [5.41, 5.74) is 8.64. The van der Waals surface area contributed by atoms with Crippen LogP contribution in [-0.4, -0.2) is 4.98 Å². The van der Waals surface area contributed by atoms with Gasteiger partial charge in [0.1, 0.15) is 11.2 Å². The van der Waals surface area contributed by atoms with Gasteiger partial charge in [0.05, 0.1) is 5.69 Å². The molecule has 200 valence electrons. The predicted octanol–water partition coefficient (Wildman–Crippen LogP) is 11.4. The third-order valence-electron chi connectivity index (χ3n) is 8.71. The van der Waals surface area contributed by atoms with E-state index in [2.05, 4.69) is 146 Å². The quantitative estimate of drug-likeness (QED) is 0.206. The van der Waals surface area contributed by atoms with Crippen molar-refractivity contribution in [3.05, 3.63) is 152 Å². The number of nitrogens with zero attached hydrogens (tertiary/aromatic N) is 1. The SMILES string of the molecule is c1ccc(-c2c3ccccc3c(-c3ccc(-c4ccc5oc6ccc7ccccc7c6c5c4)cn3)c3ccccc23)cc1. The molecule has 0 unspecified atom stereocenters. The first-order valence-electron chi connectivity index (χ1n) is 14.6. The van der Waals surface area contributed by atoms with E-state index in [0.29, 0.717) is 0 Å². The minimum atomic E-state index is 0.899. The average Bonchev–Trinajstić information content (AvgIpc) is 3.46. The number of rotatable bonds is 3. The summed E-state index contributed by atoms with van der Waals surface area (Å²) in [6.45, 7) is 0. The van der Waals surface area contributed by atoms with E-state index in [-0.39, 0.29) is 0 Å². The molecule has 0 atom stereocenters. The van der Waals surface area contributed by atoms with Crippen LogP contribution in [0.5, 0.6) is 0 Å². The van der Waals surface area contributed by atoms with E-state index in [9.17, 15) is 0 Å². The number of hydrogen-bond acceptors (Lipinski definition) is 2. The van der Waals surface area contributed by atoms with Gasteiger partial charge in [-0.1, -0.05) is 121 Å². The minimum absolute atomic E-state index is 0.899. The van der Waals surface area contributed by atoms with Crippen LogP contribution in [0.1, 0.15) is 0 Å². The number of benzene rings is 7. The Morgan fingerprint density at radius 3 is 1.70 bits per heavy atom. The second kappa shape index (κ2) is 9.40. The summed E-state index contributed by atoms with van der Waals surface area (Å²) in [6, 6.07) is 51.6. The van der Waals surface area contributed by atoms with Gasteiger partial charge in [-0.25, -0.2) is 0 Å². The lowest BCUT2D eigenvalue weighted by Gasteiger charge is -2.17. The molecule has 0 aliphatic heterocycles. The Balaban J connectivity index is 1.22. The van der Waals surface area contributed by atoms with Crippen molar-refractivity contribution in [2.24, 2.45) is 0 Å². The molecule has 0 fully saturated rings. The molecule has 9 aromatic rings. The summed E-state index contributed by atoms with van der Waals surface area (Å²) < 4.78 is 6.24. The van der Waals surface area contributed by atoms with Gasteiger partial charge in [-0.2, -0.15) is 0 Å². The van der Waals surface area contributed by atoms with Crippen LogP contribution in [-0.2, 0) is 0 Å². The summed E-state index contributed by atoms with van der Waals surface area (Å²) in [6.07, 6.45) is 2.01. The Kier molecular flexibility index (Phi) is 5.23. The van der Waals surface area contributed by atoms with Gasteiger partial charge in [-0.15, -0.1) is 0 Å². The van der Waals surface area contributed by atoms with Crippen molar-refractivity contribution in [2.45, 2.75) is 0 Å². The average molecular weight is 548 g/mol. The molecule has 2 heteroatoms. The van der Waals surface area contributed by atoms with Crippen molar-refractivity contribution in [1.29, 1.82) is 0 Å².